The van der Waals surface area contributed by atoms with Crippen LogP contribution >= 0.6 is 21.6 Å². The summed E-state index contributed by atoms with van der Waals surface area (Å²) in [6, 6.07) is 4.23. The number of hydrogen-bond acceptors (Lipinski definition) is 16. The predicted molar refractivity (Wildman–Crippen MR) is 290 cm³/mol. The minimum atomic E-state index is -1.82. The Balaban J connectivity index is 1.74. The molecule has 0 aromatic heterocycles. The predicted octanol–water partition coefficient (Wildman–Crippen LogP) is -4.62. The molecule has 30 heteroatoms. The summed E-state index contributed by atoms with van der Waals surface area (Å²) < 4.78 is 0. The number of primary amides is 2. The van der Waals surface area contributed by atoms with Crippen LogP contribution in [0, 0.1) is 0 Å². The number of carbonyl (C=O) groups excluding carboxylic acids is 12. The average Bonchev–Trinajstić information content (AvgIpc) is 3.97. The maximum atomic E-state index is 14.7. The summed E-state index contributed by atoms with van der Waals surface area (Å²) >= 11 is 0. The number of nitrogens with zero attached hydrogens (tertiary/aromatic N) is 2. The summed E-state index contributed by atoms with van der Waals surface area (Å²) in [7, 11) is 2.16. The van der Waals surface area contributed by atoms with Crippen molar-refractivity contribution < 1.29 is 62.6 Å². The maximum absolute atomic E-state index is 14.7. The third-order valence-corrected chi connectivity index (χ3v) is 14.5. The Bertz CT molecular complexity index is 2540. The Hall–Kier alpha value is -8.15. The van der Waals surface area contributed by atoms with Gasteiger partial charge in [-0.1, -0.05) is 64.1 Å². The molecular weight excluding hydrogens is 1070 g/mol. The number of hydrogen-bond donors (Lipinski definition) is 14. The Morgan fingerprint density at radius 1 is 0.747 bits per heavy atom. The van der Waals surface area contributed by atoms with Crippen LogP contribution in [-0.2, 0) is 70.4 Å². The second kappa shape index (κ2) is 32.6. The van der Waals surface area contributed by atoms with Gasteiger partial charge in [0.1, 0.15) is 48.0 Å². The van der Waals surface area contributed by atoms with E-state index in [1.165, 1.54) is 24.0 Å². The van der Waals surface area contributed by atoms with Gasteiger partial charge in [-0.15, -0.1) is 0 Å². The van der Waals surface area contributed by atoms with Gasteiger partial charge in [-0.3, -0.25) is 62.5 Å². The molecule has 2 aliphatic rings. The molecule has 430 valence electrons. The van der Waals surface area contributed by atoms with Crippen molar-refractivity contribution >= 4 is 98.4 Å². The number of benzene rings is 2. The molecule has 2 aliphatic heterocycles. The summed E-state index contributed by atoms with van der Waals surface area (Å²) in [5, 5.41) is 32.7. The van der Waals surface area contributed by atoms with Crippen molar-refractivity contribution in [3.05, 3.63) is 65.7 Å². The van der Waals surface area contributed by atoms with Crippen molar-refractivity contribution in [3.8, 4) is 5.75 Å². The standard InChI is InChI=1S/C49H69N15O13S2/c1-27(65)56-26-57-41(70)23-35-46(75)63-36(48(77)64-19-6-10-37(64)47(76)60-31(9-5-18-54-49(52)53)42(71)55-24-39(51)68)25-79-78-20-17-40(69)58-33(22-29-11-13-30(66)14-12-29)44(73)61-34(21-28-7-3-2-4-8-28)45(74)59-32(43(72)62-35)15-16-38(50)67/h2-4,7-8,11-14,31-37,66H,5-6,9-10,15-26H2,1H3,(H2,50,67)(H2,51,68)(H,55,71)(H,56,65)(H,57,70)(H,58,69)(H,59,74)(H,60,76)(H,61,73)(H,62,72)(H,63,75)(H4,52,53,54)/t31-,32+,33+,34+,35+,36+,37+/m1/s1. The van der Waals surface area contributed by atoms with Crippen molar-refractivity contribution in [1.82, 2.24) is 52.8 Å². The van der Waals surface area contributed by atoms with E-state index in [1.807, 2.05) is 0 Å². The SMILES string of the molecule is CC(=O)NCNC(=O)C[C@@H]1NC(=O)[C@H](CCC(N)=O)NC(=O)[C@H](Cc2ccccc2)NC(=O)[C@H](Cc2ccc(O)cc2)NC(=O)CCSSC[C@@H](C(=O)N2CCC[C@H]2C(=O)N[C@H](CCCN=C(N)N)C(=O)NCC(N)=O)NC1=O. The maximum Gasteiger partial charge on any atom is 0.246 e. The summed E-state index contributed by atoms with van der Waals surface area (Å²) in [6.07, 6.45) is -1.52. The van der Waals surface area contributed by atoms with E-state index in [9.17, 15) is 62.6 Å². The van der Waals surface area contributed by atoms with Crippen molar-refractivity contribution in [2.75, 3.05) is 37.8 Å². The van der Waals surface area contributed by atoms with E-state index in [4.69, 9.17) is 22.9 Å². The fourth-order valence-corrected chi connectivity index (χ4v) is 10.3. The smallest absolute Gasteiger partial charge is 0.246 e. The molecule has 79 heavy (non-hydrogen) atoms. The molecule has 0 bridgehead atoms. The van der Waals surface area contributed by atoms with Crippen LogP contribution in [0.3, 0.4) is 0 Å². The van der Waals surface area contributed by atoms with Crippen LogP contribution in [0.4, 0.5) is 0 Å². The number of likely N-dealkylation sites (tertiary alicyclic amines) is 1. The number of amides is 12. The quantitative estimate of drug-likeness (QED) is 0.0184. The minimum absolute atomic E-state index is 0.00140. The van der Waals surface area contributed by atoms with Crippen LogP contribution in [0.2, 0.25) is 0 Å². The van der Waals surface area contributed by atoms with Gasteiger partial charge in [-0.25, -0.2) is 0 Å². The summed E-state index contributed by atoms with van der Waals surface area (Å²) in [5.74, 6) is -10.3. The Kier molecular flexibility index (Phi) is 26.1. The minimum Gasteiger partial charge on any atom is -0.508 e. The van der Waals surface area contributed by atoms with Crippen LogP contribution in [0.15, 0.2) is 59.6 Å². The first kappa shape index (κ1) is 63.4. The molecule has 18 N–H and O–H groups in total. The molecule has 0 unspecified atom stereocenters. The molecule has 2 aromatic carbocycles. The highest BCUT2D eigenvalue weighted by Gasteiger charge is 2.40. The highest BCUT2D eigenvalue weighted by molar-refractivity contribution is 8.76. The zero-order valence-electron chi connectivity index (χ0n) is 43.4. The second-order valence-electron chi connectivity index (χ2n) is 18.4. The number of carbonyl (C=O) groups is 12. The Morgan fingerprint density at radius 2 is 1.37 bits per heavy atom. The van der Waals surface area contributed by atoms with Gasteiger partial charge in [0.15, 0.2) is 5.96 Å². The number of guanidine groups is 1. The van der Waals surface area contributed by atoms with Gasteiger partial charge in [0.25, 0.3) is 0 Å². The van der Waals surface area contributed by atoms with Crippen molar-refractivity contribution in [3.63, 3.8) is 0 Å². The summed E-state index contributed by atoms with van der Waals surface area (Å²) in [4.78, 5) is 167. The third-order valence-electron chi connectivity index (χ3n) is 12.1. The number of phenolic OH excluding ortho intramolecular Hbond substituents is 1. The molecule has 2 saturated heterocycles. The van der Waals surface area contributed by atoms with Crippen LogP contribution in [-0.4, -0.2) is 167 Å². The topological polar surface area (TPSA) is 453 Å². The van der Waals surface area contributed by atoms with Crippen molar-refractivity contribution in [1.29, 1.82) is 0 Å². The molecular formula is C49H69N15O13S2. The van der Waals surface area contributed by atoms with E-state index in [0.717, 1.165) is 21.6 Å². The number of rotatable bonds is 21. The summed E-state index contributed by atoms with van der Waals surface area (Å²) in [5.41, 5.74) is 22.7. The Morgan fingerprint density at radius 3 is 2.01 bits per heavy atom. The van der Waals surface area contributed by atoms with Crippen molar-refractivity contribution in [2.45, 2.75) is 113 Å². The van der Waals surface area contributed by atoms with E-state index in [2.05, 4.69) is 52.8 Å². The molecule has 0 radical (unpaired) electrons. The third kappa shape index (κ3) is 22.8. The lowest BCUT2D eigenvalue weighted by Gasteiger charge is -2.31. The molecule has 7 atom stereocenters. The Labute approximate surface area is 462 Å². The first-order valence-corrected chi connectivity index (χ1v) is 27.7. The zero-order chi connectivity index (χ0) is 58.0. The van der Waals surface area contributed by atoms with E-state index in [0.29, 0.717) is 17.5 Å². The lowest BCUT2D eigenvalue weighted by molar-refractivity contribution is -0.142. The normalized spacial score (nSPS) is 21.0. The fraction of sp³-hybridized carbons (Fsp3) is 0.490. The van der Waals surface area contributed by atoms with E-state index < -0.39 is 139 Å². The lowest BCUT2D eigenvalue weighted by Crippen LogP contribution is -2.61. The van der Waals surface area contributed by atoms with Crippen LogP contribution in [0.1, 0.15) is 69.4 Å². The van der Waals surface area contributed by atoms with Gasteiger partial charge in [0, 0.05) is 57.2 Å². The largest absolute Gasteiger partial charge is 0.508 e. The van der Waals surface area contributed by atoms with Crippen LogP contribution in [0.5, 0.6) is 5.75 Å². The molecule has 2 heterocycles. The molecule has 4 rings (SSSR count). The number of aliphatic imine (C=N–C) groups is 1. The van der Waals surface area contributed by atoms with Gasteiger partial charge >= 0.3 is 0 Å². The second-order valence-corrected chi connectivity index (χ2v) is 21.0. The van der Waals surface area contributed by atoms with E-state index in [-0.39, 0.29) is 81.5 Å². The fourth-order valence-electron chi connectivity index (χ4n) is 8.11. The monoisotopic (exact) mass is 1140 g/mol. The van der Waals surface area contributed by atoms with Gasteiger partial charge in [-0.2, -0.15) is 0 Å². The number of nitrogens with two attached hydrogens (primary N) is 4. The van der Waals surface area contributed by atoms with Gasteiger partial charge in [0.05, 0.1) is 19.6 Å². The van der Waals surface area contributed by atoms with E-state index >= 15 is 0 Å². The number of aromatic hydroxyl groups is 1. The molecule has 2 fully saturated rings. The van der Waals surface area contributed by atoms with Crippen molar-refractivity contribution in [2.24, 2.45) is 27.9 Å². The lowest BCUT2D eigenvalue weighted by atomic mass is 10.0. The highest BCUT2D eigenvalue weighted by Crippen LogP contribution is 2.26. The van der Waals surface area contributed by atoms with Crippen LogP contribution in [0.25, 0.3) is 0 Å². The van der Waals surface area contributed by atoms with Gasteiger partial charge < -0.3 is 80.8 Å². The molecule has 28 nitrogen and oxygen atoms in total. The number of nitrogens with one attached hydrogen (secondary N) is 9. The zero-order valence-corrected chi connectivity index (χ0v) is 45.1. The molecule has 12 amide bonds. The van der Waals surface area contributed by atoms with Gasteiger partial charge in [-0.05, 0) is 55.4 Å². The average molecular weight is 1140 g/mol. The first-order chi connectivity index (χ1) is 37.6. The first-order valence-electron chi connectivity index (χ1n) is 25.2. The summed E-state index contributed by atoms with van der Waals surface area (Å²) in [6.45, 7) is 0.359. The molecule has 0 saturated carbocycles. The van der Waals surface area contributed by atoms with Crippen LogP contribution < -0.4 is 70.8 Å². The molecule has 0 spiro atoms. The molecule has 0 aliphatic carbocycles. The highest BCUT2D eigenvalue weighted by atomic mass is 33.1. The van der Waals surface area contributed by atoms with Gasteiger partial charge in [0.2, 0.25) is 70.9 Å². The number of phenols is 1. The molecule has 2 aromatic rings. The van der Waals surface area contributed by atoms with E-state index in [1.54, 1.807) is 42.5 Å².